The fourth-order valence-electron chi connectivity index (χ4n) is 3.45. The molecule has 1 saturated heterocycles. The Hall–Kier alpha value is -2.34. The molecule has 134 valence electrons. The number of nitrogens with one attached hydrogen (secondary N) is 1. The van der Waals surface area contributed by atoms with Gasteiger partial charge in [-0.1, -0.05) is 6.07 Å². The highest BCUT2D eigenvalue weighted by Gasteiger charge is 2.24. The molecule has 0 radical (unpaired) electrons. The van der Waals surface area contributed by atoms with Crippen LogP contribution in [0.2, 0.25) is 0 Å². The van der Waals surface area contributed by atoms with Crippen molar-refractivity contribution in [1.29, 1.82) is 0 Å². The molecule has 0 atom stereocenters. The smallest absolute Gasteiger partial charge is 0.256 e. The summed E-state index contributed by atoms with van der Waals surface area (Å²) >= 11 is 0. The van der Waals surface area contributed by atoms with Crippen LogP contribution >= 0.6 is 0 Å². The maximum Gasteiger partial charge on any atom is 0.256 e. The van der Waals surface area contributed by atoms with Gasteiger partial charge in [0, 0.05) is 45.3 Å². The average Bonchev–Trinajstić information content (AvgIpc) is 2.99. The first-order chi connectivity index (χ1) is 12.1. The fraction of sp³-hybridized carbons (Fsp3) is 0.474. The number of ether oxygens (including phenoxy) is 1. The lowest BCUT2D eigenvalue weighted by Gasteiger charge is -2.26. The third kappa shape index (κ3) is 3.69. The summed E-state index contributed by atoms with van der Waals surface area (Å²) in [7, 11) is 1.66. The molecule has 1 aliphatic heterocycles. The number of hydrogen-bond donors (Lipinski definition) is 1. The highest BCUT2D eigenvalue weighted by Crippen LogP contribution is 2.30. The topological polar surface area (TPSA) is 63.6 Å². The molecule has 1 aromatic carbocycles. The number of carbonyl (C=O) groups is 2. The highest BCUT2D eigenvalue weighted by molar-refractivity contribution is 6.13. The molecule has 3 rings (SSSR count). The number of nitrogens with zero attached hydrogens (tertiary/aromatic N) is 2. The van der Waals surface area contributed by atoms with Crippen LogP contribution < -0.4 is 5.32 Å². The molecule has 6 heteroatoms. The van der Waals surface area contributed by atoms with Gasteiger partial charge in [-0.05, 0) is 31.4 Å². The highest BCUT2D eigenvalue weighted by atomic mass is 16.5. The maximum atomic E-state index is 13.1. The molecule has 0 saturated carbocycles. The van der Waals surface area contributed by atoms with Gasteiger partial charge in [-0.2, -0.15) is 0 Å². The van der Waals surface area contributed by atoms with Gasteiger partial charge in [0.15, 0.2) is 0 Å². The largest absolute Gasteiger partial charge is 0.383 e. The van der Waals surface area contributed by atoms with Crippen LogP contribution in [-0.4, -0.2) is 48.1 Å². The summed E-state index contributed by atoms with van der Waals surface area (Å²) in [6, 6.07) is 5.72. The van der Waals surface area contributed by atoms with Crippen molar-refractivity contribution in [2.45, 2.75) is 32.7 Å². The number of benzene rings is 1. The number of anilines is 1. The second kappa shape index (κ2) is 7.70. The molecule has 1 aromatic heterocycles. The third-order valence-electron chi connectivity index (χ3n) is 4.63. The van der Waals surface area contributed by atoms with E-state index in [-0.39, 0.29) is 11.8 Å². The first kappa shape index (κ1) is 17.5. The van der Waals surface area contributed by atoms with Crippen molar-refractivity contribution in [3.63, 3.8) is 0 Å². The van der Waals surface area contributed by atoms with Crippen molar-refractivity contribution >= 4 is 28.4 Å². The number of likely N-dealkylation sites (tertiary alicyclic amines) is 1. The van der Waals surface area contributed by atoms with Gasteiger partial charge in [-0.3, -0.25) is 9.59 Å². The van der Waals surface area contributed by atoms with Crippen LogP contribution in [0.1, 0.15) is 36.5 Å². The van der Waals surface area contributed by atoms with Gasteiger partial charge < -0.3 is 19.5 Å². The summed E-state index contributed by atoms with van der Waals surface area (Å²) in [6.07, 6.45) is 5.17. The summed E-state index contributed by atoms with van der Waals surface area (Å²) in [4.78, 5) is 26.6. The molecule has 0 aliphatic carbocycles. The first-order valence-electron chi connectivity index (χ1n) is 8.79. The molecule has 6 nitrogen and oxygen atoms in total. The van der Waals surface area contributed by atoms with E-state index in [0.29, 0.717) is 24.4 Å². The van der Waals surface area contributed by atoms with E-state index in [0.717, 1.165) is 36.8 Å². The van der Waals surface area contributed by atoms with Crippen molar-refractivity contribution in [3.05, 3.63) is 30.0 Å². The van der Waals surface area contributed by atoms with Gasteiger partial charge >= 0.3 is 0 Å². The van der Waals surface area contributed by atoms with E-state index in [2.05, 4.69) is 5.32 Å². The van der Waals surface area contributed by atoms with E-state index in [1.54, 1.807) is 7.11 Å². The number of fused-ring (bicyclic) bond motifs is 1. The van der Waals surface area contributed by atoms with Crippen molar-refractivity contribution in [1.82, 2.24) is 9.47 Å². The average molecular weight is 343 g/mol. The molecule has 0 spiro atoms. The Morgan fingerprint density at radius 2 is 1.96 bits per heavy atom. The van der Waals surface area contributed by atoms with Gasteiger partial charge in [-0.15, -0.1) is 0 Å². The summed E-state index contributed by atoms with van der Waals surface area (Å²) in [5.74, 6) is -0.104. The van der Waals surface area contributed by atoms with Gasteiger partial charge in [0.1, 0.15) is 0 Å². The Kier molecular flexibility index (Phi) is 5.38. The van der Waals surface area contributed by atoms with Crippen LogP contribution in [0.4, 0.5) is 5.69 Å². The van der Waals surface area contributed by atoms with E-state index in [9.17, 15) is 9.59 Å². The fourth-order valence-corrected chi connectivity index (χ4v) is 3.45. The van der Waals surface area contributed by atoms with Crippen LogP contribution in [0.3, 0.4) is 0 Å². The lowest BCUT2D eigenvalue weighted by atomic mass is 10.1. The third-order valence-corrected chi connectivity index (χ3v) is 4.63. The van der Waals surface area contributed by atoms with E-state index in [4.69, 9.17) is 4.74 Å². The van der Waals surface area contributed by atoms with E-state index >= 15 is 0 Å². The second-order valence-electron chi connectivity index (χ2n) is 6.46. The summed E-state index contributed by atoms with van der Waals surface area (Å²) < 4.78 is 7.22. The van der Waals surface area contributed by atoms with Gasteiger partial charge in [-0.25, -0.2) is 0 Å². The Morgan fingerprint density at radius 3 is 2.64 bits per heavy atom. The van der Waals surface area contributed by atoms with Gasteiger partial charge in [0.05, 0.1) is 23.4 Å². The molecule has 0 bridgehead atoms. The van der Waals surface area contributed by atoms with Gasteiger partial charge in [0.2, 0.25) is 5.91 Å². The molecule has 2 aromatic rings. The van der Waals surface area contributed by atoms with Crippen molar-refractivity contribution in [3.8, 4) is 0 Å². The minimum Gasteiger partial charge on any atom is -0.383 e. The van der Waals surface area contributed by atoms with Crippen LogP contribution in [0.25, 0.3) is 10.9 Å². The molecule has 1 aliphatic rings. The lowest BCUT2D eigenvalue weighted by molar-refractivity contribution is -0.114. The molecule has 0 unspecified atom stereocenters. The second-order valence-corrected chi connectivity index (χ2v) is 6.46. The van der Waals surface area contributed by atoms with Crippen molar-refractivity contribution in [2.24, 2.45) is 0 Å². The maximum absolute atomic E-state index is 13.1. The molecule has 2 amide bonds. The van der Waals surface area contributed by atoms with Crippen molar-refractivity contribution < 1.29 is 14.3 Å². The Bertz CT molecular complexity index is 776. The number of rotatable bonds is 5. The van der Waals surface area contributed by atoms with Gasteiger partial charge in [0.25, 0.3) is 5.91 Å². The monoisotopic (exact) mass is 343 g/mol. The number of carbonyl (C=O) groups excluding carboxylic acids is 2. The number of hydrogen-bond acceptors (Lipinski definition) is 3. The van der Waals surface area contributed by atoms with Crippen LogP contribution in [-0.2, 0) is 16.1 Å². The molecular formula is C19H25N3O3. The summed E-state index contributed by atoms with van der Waals surface area (Å²) in [5, 5.41) is 3.67. The van der Waals surface area contributed by atoms with E-state index < -0.39 is 0 Å². The first-order valence-corrected chi connectivity index (χ1v) is 8.79. The summed E-state index contributed by atoms with van der Waals surface area (Å²) in [6.45, 7) is 4.29. The zero-order chi connectivity index (χ0) is 17.8. The standard InChI is InChI=1S/C19H25N3O3/c1-14(23)20-16-7-6-8-17-18(16)15(13-22(17)11-12-25-2)19(24)21-9-4-3-5-10-21/h6-8,13H,3-5,9-12H2,1-2H3,(H,20,23). The number of amides is 2. The normalized spacial score (nSPS) is 14.7. The van der Waals surface area contributed by atoms with Crippen molar-refractivity contribution in [2.75, 3.05) is 32.1 Å². The minimum atomic E-state index is -0.145. The number of methoxy groups -OCH3 is 1. The van der Waals surface area contributed by atoms with Crippen LogP contribution in [0.5, 0.6) is 0 Å². The zero-order valence-corrected chi connectivity index (χ0v) is 14.9. The Balaban J connectivity index is 2.08. The van der Waals surface area contributed by atoms with E-state index in [1.807, 2.05) is 33.9 Å². The van der Waals surface area contributed by atoms with Crippen LogP contribution in [0, 0.1) is 0 Å². The minimum absolute atomic E-state index is 0.0404. The van der Waals surface area contributed by atoms with Crippen LogP contribution in [0.15, 0.2) is 24.4 Å². The predicted molar refractivity (Wildman–Crippen MR) is 97.9 cm³/mol. The Morgan fingerprint density at radius 1 is 1.20 bits per heavy atom. The molecule has 2 heterocycles. The number of piperidine rings is 1. The van der Waals surface area contributed by atoms with E-state index in [1.165, 1.54) is 13.3 Å². The zero-order valence-electron chi connectivity index (χ0n) is 14.9. The summed E-state index contributed by atoms with van der Waals surface area (Å²) in [5.41, 5.74) is 2.27. The molecule has 1 fully saturated rings. The lowest BCUT2D eigenvalue weighted by Crippen LogP contribution is -2.35. The number of aromatic nitrogens is 1. The SMILES string of the molecule is COCCn1cc(C(=O)N2CCCCC2)c2c(NC(C)=O)cccc21. The molecule has 1 N–H and O–H groups in total. The Labute approximate surface area is 147 Å². The predicted octanol–water partition coefficient (Wildman–Crippen LogP) is 2.87. The quantitative estimate of drug-likeness (QED) is 0.908. The molecular weight excluding hydrogens is 318 g/mol. The molecule has 25 heavy (non-hydrogen) atoms.